The van der Waals surface area contributed by atoms with E-state index < -0.39 is 0 Å². The molecular weight excluding hydrogens is 228 g/mol. The monoisotopic (exact) mass is 246 g/mol. The Bertz CT molecular complexity index is 469. The van der Waals surface area contributed by atoms with Crippen molar-refractivity contribution in [2.45, 2.75) is 32.7 Å². The normalized spacial score (nSPS) is 12.6. The molecule has 0 radical (unpaired) electrons. The zero-order chi connectivity index (χ0) is 12.8. The molecule has 0 bridgehead atoms. The minimum Gasteiger partial charge on any atom is -0.339 e. The minimum atomic E-state index is 0.390. The SMILES string of the molecule is CCNC(CC)Cc1nc(-c2ccncc2)no1. The molecule has 0 aliphatic carbocycles. The number of aromatic nitrogens is 3. The van der Waals surface area contributed by atoms with E-state index in [1.54, 1.807) is 12.4 Å². The number of pyridine rings is 1. The second-order valence-electron chi connectivity index (χ2n) is 4.11. The maximum Gasteiger partial charge on any atom is 0.228 e. The molecule has 0 amide bonds. The maximum atomic E-state index is 5.28. The van der Waals surface area contributed by atoms with E-state index in [1.165, 1.54) is 0 Å². The first-order chi connectivity index (χ1) is 8.83. The predicted molar refractivity (Wildman–Crippen MR) is 69.0 cm³/mol. The second kappa shape index (κ2) is 6.26. The van der Waals surface area contributed by atoms with Gasteiger partial charge in [-0.25, -0.2) is 0 Å². The average molecular weight is 246 g/mol. The van der Waals surface area contributed by atoms with Crippen LogP contribution in [-0.4, -0.2) is 27.7 Å². The molecule has 0 saturated heterocycles. The topological polar surface area (TPSA) is 63.8 Å². The summed E-state index contributed by atoms with van der Waals surface area (Å²) in [5.74, 6) is 1.30. The lowest BCUT2D eigenvalue weighted by atomic mass is 10.1. The molecule has 96 valence electrons. The van der Waals surface area contributed by atoms with Crippen molar-refractivity contribution in [2.24, 2.45) is 0 Å². The Labute approximate surface area is 107 Å². The van der Waals surface area contributed by atoms with Gasteiger partial charge in [0.1, 0.15) is 0 Å². The fraction of sp³-hybridized carbons (Fsp3) is 0.462. The Morgan fingerprint density at radius 1 is 1.28 bits per heavy atom. The van der Waals surface area contributed by atoms with Gasteiger partial charge in [-0.05, 0) is 25.1 Å². The van der Waals surface area contributed by atoms with Crippen LogP contribution in [0.3, 0.4) is 0 Å². The van der Waals surface area contributed by atoms with E-state index in [0.29, 0.717) is 17.8 Å². The molecule has 2 aromatic rings. The summed E-state index contributed by atoms with van der Waals surface area (Å²) in [6, 6.07) is 4.13. The summed E-state index contributed by atoms with van der Waals surface area (Å²) in [5, 5.41) is 7.38. The Morgan fingerprint density at radius 2 is 2.06 bits per heavy atom. The molecule has 0 fully saturated rings. The van der Waals surface area contributed by atoms with Crippen molar-refractivity contribution in [3.63, 3.8) is 0 Å². The third kappa shape index (κ3) is 3.13. The summed E-state index contributed by atoms with van der Waals surface area (Å²) in [5.41, 5.74) is 0.927. The molecule has 1 N–H and O–H groups in total. The van der Waals surface area contributed by atoms with E-state index >= 15 is 0 Å². The molecule has 5 heteroatoms. The van der Waals surface area contributed by atoms with Crippen LogP contribution in [0.15, 0.2) is 29.0 Å². The van der Waals surface area contributed by atoms with Crippen LogP contribution in [0.25, 0.3) is 11.4 Å². The Morgan fingerprint density at radius 3 is 2.72 bits per heavy atom. The molecule has 1 unspecified atom stereocenters. The van der Waals surface area contributed by atoms with Crippen LogP contribution in [0.2, 0.25) is 0 Å². The summed E-state index contributed by atoms with van der Waals surface area (Å²) in [6.45, 7) is 5.19. The molecule has 0 spiro atoms. The van der Waals surface area contributed by atoms with Crippen LogP contribution >= 0.6 is 0 Å². The molecule has 0 saturated carbocycles. The highest BCUT2D eigenvalue weighted by Crippen LogP contribution is 2.15. The smallest absolute Gasteiger partial charge is 0.228 e. The third-order valence-corrected chi connectivity index (χ3v) is 2.81. The second-order valence-corrected chi connectivity index (χ2v) is 4.11. The fourth-order valence-electron chi connectivity index (χ4n) is 1.82. The quantitative estimate of drug-likeness (QED) is 0.845. The molecule has 0 aliphatic rings. The van der Waals surface area contributed by atoms with E-state index in [4.69, 9.17) is 4.52 Å². The van der Waals surface area contributed by atoms with Gasteiger partial charge in [-0.2, -0.15) is 4.98 Å². The summed E-state index contributed by atoms with van der Waals surface area (Å²) >= 11 is 0. The van der Waals surface area contributed by atoms with Gasteiger partial charge in [0.2, 0.25) is 11.7 Å². The molecule has 5 nitrogen and oxygen atoms in total. The van der Waals surface area contributed by atoms with Gasteiger partial charge in [0.15, 0.2) is 0 Å². The maximum absolute atomic E-state index is 5.28. The number of likely N-dealkylation sites (N-methyl/N-ethyl adjacent to an activating group) is 1. The zero-order valence-electron chi connectivity index (χ0n) is 10.8. The molecule has 2 rings (SSSR count). The number of hydrogen-bond donors (Lipinski definition) is 1. The van der Waals surface area contributed by atoms with E-state index in [-0.39, 0.29) is 0 Å². The molecule has 2 heterocycles. The van der Waals surface area contributed by atoms with Crippen LogP contribution in [0.1, 0.15) is 26.2 Å². The summed E-state index contributed by atoms with van der Waals surface area (Å²) < 4.78 is 5.28. The number of rotatable bonds is 6. The van der Waals surface area contributed by atoms with Crippen molar-refractivity contribution in [1.82, 2.24) is 20.4 Å². The van der Waals surface area contributed by atoms with Crippen LogP contribution in [0.5, 0.6) is 0 Å². The van der Waals surface area contributed by atoms with Gasteiger partial charge in [-0.15, -0.1) is 0 Å². The fourth-order valence-corrected chi connectivity index (χ4v) is 1.82. The lowest BCUT2D eigenvalue weighted by molar-refractivity contribution is 0.355. The summed E-state index contributed by atoms with van der Waals surface area (Å²) in [4.78, 5) is 8.37. The first-order valence-corrected chi connectivity index (χ1v) is 6.29. The van der Waals surface area contributed by atoms with Crippen molar-refractivity contribution in [1.29, 1.82) is 0 Å². The minimum absolute atomic E-state index is 0.390. The third-order valence-electron chi connectivity index (χ3n) is 2.81. The van der Waals surface area contributed by atoms with Gasteiger partial charge in [-0.3, -0.25) is 4.98 Å². The van der Waals surface area contributed by atoms with Crippen molar-refractivity contribution in [3.8, 4) is 11.4 Å². The zero-order valence-corrected chi connectivity index (χ0v) is 10.8. The lowest BCUT2D eigenvalue weighted by Gasteiger charge is -2.12. The van der Waals surface area contributed by atoms with Crippen molar-refractivity contribution in [3.05, 3.63) is 30.4 Å². The predicted octanol–water partition coefficient (Wildman–Crippen LogP) is 2.06. The summed E-state index contributed by atoms with van der Waals surface area (Å²) in [6.07, 6.45) is 5.25. The van der Waals surface area contributed by atoms with Gasteiger partial charge in [0, 0.05) is 30.4 Å². The molecule has 2 aromatic heterocycles. The number of nitrogens with zero attached hydrogens (tertiary/aromatic N) is 3. The van der Waals surface area contributed by atoms with Gasteiger partial charge in [0.25, 0.3) is 0 Å². The van der Waals surface area contributed by atoms with Gasteiger partial charge >= 0.3 is 0 Å². The Hall–Kier alpha value is -1.75. The van der Waals surface area contributed by atoms with E-state index in [9.17, 15) is 0 Å². The van der Waals surface area contributed by atoms with E-state index in [0.717, 1.165) is 24.9 Å². The highest BCUT2D eigenvalue weighted by Gasteiger charge is 2.13. The molecule has 0 aromatic carbocycles. The highest BCUT2D eigenvalue weighted by molar-refractivity contribution is 5.52. The van der Waals surface area contributed by atoms with Crippen LogP contribution < -0.4 is 5.32 Å². The highest BCUT2D eigenvalue weighted by atomic mass is 16.5. The van der Waals surface area contributed by atoms with Crippen LogP contribution in [0.4, 0.5) is 0 Å². The van der Waals surface area contributed by atoms with Crippen molar-refractivity contribution < 1.29 is 4.52 Å². The van der Waals surface area contributed by atoms with E-state index in [2.05, 4.69) is 34.3 Å². The van der Waals surface area contributed by atoms with E-state index in [1.807, 2.05) is 12.1 Å². The van der Waals surface area contributed by atoms with Crippen LogP contribution in [-0.2, 0) is 6.42 Å². The average Bonchev–Trinajstić information content (AvgIpc) is 2.88. The number of nitrogens with one attached hydrogen (secondary N) is 1. The Kier molecular flexibility index (Phi) is 4.41. The van der Waals surface area contributed by atoms with Crippen molar-refractivity contribution in [2.75, 3.05) is 6.54 Å². The van der Waals surface area contributed by atoms with Gasteiger partial charge < -0.3 is 9.84 Å². The van der Waals surface area contributed by atoms with Gasteiger partial charge in [0.05, 0.1) is 0 Å². The Balaban J connectivity index is 2.06. The molecule has 0 aliphatic heterocycles. The largest absolute Gasteiger partial charge is 0.339 e. The van der Waals surface area contributed by atoms with Crippen molar-refractivity contribution >= 4 is 0 Å². The standard InChI is InChI=1S/C13H18N4O/c1-3-11(15-4-2)9-12-16-13(17-18-12)10-5-7-14-8-6-10/h5-8,11,15H,3-4,9H2,1-2H3. The summed E-state index contributed by atoms with van der Waals surface area (Å²) in [7, 11) is 0. The molecule has 1 atom stereocenters. The lowest BCUT2D eigenvalue weighted by Crippen LogP contribution is -2.30. The number of hydrogen-bond acceptors (Lipinski definition) is 5. The first kappa shape index (κ1) is 12.7. The van der Waals surface area contributed by atoms with Crippen LogP contribution in [0, 0.1) is 0 Å². The first-order valence-electron chi connectivity index (χ1n) is 6.29. The van der Waals surface area contributed by atoms with Gasteiger partial charge in [-0.1, -0.05) is 19.0 Å². The molecular formula is C13H18N4O. The molecule has 18 heavy (non-hydrogen) atoms.